The second-order valence-electron chi connectivity index (χ2n) is 4.81. The van der Waals surface area contributed by atoms with Gasteiger partial charge in [0.2, 0.25) is 0 Å². The average molecular weight is 317 g/mol. The number of carbonyl (C=O) groups is 2. The standard InChI is InChI=1S/C17H19NO5/c1-4-18-14-8-7-11(16(20)22-5-2)9-12(14)13(10-15(18)19)17(21)23-6-3/h7-10H,4-6H2,1-3H3. The minimum atomic E-state index is -0.584. The molecular formula is C17H19NO5. The van der Waals surface area contributed by atoms with Crippen molar-refractivity contribution >= 4 is 22.8 Å². The zero-order valence-corrected chi connectivity index (χ0v) is 13.4. The van der Waals surface area contributed by atoms with Gasteiger partial charge in [-0.15, -0.1) is 0 Å². The Kier molecular flexibility index (Phi) is 5.16. The molecule has 2 aromatic rings. The number of carbonyl (C=O) groups excluding carboxylic acids is 2. The number of nitrogens with zero attached hydrogens (tertiary/aromatic N) is 1. The van der Waals surface area contributed by atoms with Gasteiger partial charge in [0.1, 0.15) is 0 Å². The Bertz CT molecular complexity index is 806. The number of ether oxygens (including phenoxy) is 2. The predicted octanol–water partition coefficient (Wildman–Crippen LogP) is 2.37. The Morgan fingerprint density at radius 2 is 1.65 bits per heavy atom. The lowest BCUT2D eigenvalue weighted by Crippen LogP contribution is -2.22. The summed E-state index contributed by atoms with van der Waals surface area (Å²) in [7, 11) is 0. The van der Waals surface area contributed by atoms with Crippen LogP contribution in [-0.2, 0) is 16.0 Å². The third kappa shape index (κ3) is 3.26. The van der Waals surface area contributed by atoms with Crippen LogP contribution in [0.4, 0.5) is 0 Å². The summed E-state index contributed by atoms with van der Waals surface area (Å²) in [6.45, 7) is 6.17. The molecule has 0 fully saturated rings. The smallest absolute Gasteiger partial charge is 0.339 e. The summed E-state index contributed by atoms with van der Waals surface area (Å²) < 4.78 is 11.5. The Balaban J connectivity index is 2.73. The van der Waals surface area contributed by atoms with Crippen molar-refractivity contribution in [3.05, 3.63) is 45.7 Å². The molecular weight excluding hydrogens is 298 g/mol. The minimum Gasteiger partial charge on any atom is -0.462 e. The van der Waals surface area contributed by atoms with E-state index in [2.05, 4.69) is 0 Å². The third-order valence-corrected chi connectivity index (χ3v) is 3.43. The number of aromatic nitrogens is 1. The number of fused-ring (bicyclic) bond motifs is 1. The summed E-state index contributed by atoms with van der Waals surface area (Å²) in [5.41, 5.74) is 0.775. The van der Waals surface area contributed by atoms with Crippen molar-refractivity contribution in [1.29, 1.82) is 0 Å². The lowest BCUT2D eigenvalue weighted by Gasteiger charge is -2.12. The molecule has 0 aliphatic carbocycles. The highest BCUT2D eigenvalue weighted by Gasteiger charge is 2.17. The van der Waals surface area contributed by atoms with Crippen LogP contribution in [0.1, 0.15) is 41.5 Å². The van der Waals surface area contributed by atoms with Gasteiger partial charge in [-0.05, 0) is 39.0 Å². The molecule has 1 aromatic carbocycles. The van der Waals surface area contributed by atoms with Crippen molar-refractivity contribution in [3.8, 4) is 0 Å². The van der Waals surface area contributed by atoms with Gasteiger partial charge < -0.3 is 14.0 Å². The summed E-state index contributed by atoms with van der Waals surface area (Å²) in [6.07, 6.45) is 0. The van der Waals surface area contributed by atoms with E-state index in [-0.39, 0.29) is 24.3 Å². The first-order valence-corrected chi connectivity index (χ1v) is 7.55. The van der Waals surface area contributed by atoms with Crippen LogP contribution in [0.15, 0.2) is 29.1 Å². The molecule has 0 N–H and O–H groups in total. The number of aryl methyl sites for hydroxylation is 1. The van der Waals surface area contributed by atoms with E-state index in [1.807, 2.05) is 6.92 Å². The van der Waals surface area contributed by atoms with Crippen LogP contribution >= 0.6 is 0 Å². The summed E-state index contributed by atoms with van der Waals surface area (Å²) in [6, 6.07) is 6.04. The van der Waals surface area contributed by atoms with Crippen LogP contribution in [0.5, 0.6) is 0 Å². The molecule has 0 saturated carbocycles. The molecule has 0 amide bonds. The van der Waals surface area contributed by atoms with Gasteiger partial charge in [-0.2, -0.15) is 0 Å². The highest BCUT2D eigenvalue weighted by Crippen LogP contribution is 2.20. The zero-order valence-electron chi connectivity index (χ0n) is 13.4. The SMILES string of the molecule is CCOC(=O)c1ccc2c(c1)c(C(=O)OCC)cc(=O)n2CC. The van der Waals surface area contributed by atoms with Crippen molar-refractivity contribution in [2.24, 2.45) is 0 Å². The van der Waals surface area contributed by atoms with Gasteiger partial charge in [0, 0.05) is 18.0 Å². The Labute approximate surface area is 133 Å². The number of hydrogen-bond donors (Lipinski definition) is 0. The summed E-state index contributed by atoms with van der Waals surface area (Å²) in [5.74, 6) is -1.06. The molecule has 0 aliphatic heterocycles. The quantitative estimate of drug-likeness (QED) is 0.792. The van der Waals surface area contributed by atoms with E-state index in [0.717, 1.165) is 0 Å². The van der Waals surface area contributed by atoms with Crippen molar-refractivity contribution in [1.82, 2.24) is 4.57 Å². The maximum absolute atomic E-state index is 12.2. The van der Waals surface area contributed by atoms with E-state index in [4.69, 9.17) is 9.47 Å². The fourth-order valence-electron chi connectivity index (χ4n) is 2.43. The van der Waals surface area contributed by atoms with Gasteiger partial charge in [-0.25, -0.2) is 9.59 Å². The number of pyridine rings is 1. The molecule has 0 radical (unpaired) electrons. The van der Waals surface area contributed by atoms with Crippen LogP contribution < -0.4 is 5.56 Å². The fourth-order valence-corrected chi connectivity index (χ4v) is 2.43. The van der Waals surface area contributed by atoms with Crippen molar-refractivity contribution < 1.29 is 19.1 Å². The van der Waals surface area contributed by atoms with Gasteiger partial charge in [-0.3, -0.25) is 4.79 Å². The topological polar surface area (TPSA) is 74.6 Å². The molecule has 0 saturated heterocycles. The van der Waals surface area contributed by atoms with E-state index >= 15 is 0 Å². The van der Waals surface area contributed by atoms with Crippen LogP contribution in [0, 0.1) is 0 Å². The Morgan fingerprint density at radius 3 is 2.26 bits per heavy atom. The monoisotopic (exact) mass is 317 g/mol. The van der Waals surface area contributed by atoms with Crippen molar-refractivity contribution in [3.63, 3.8) is 0 Å². The summed E-state index contributed by atoms with van der Waals surface area (Å²) >= 11 is 0. The summed E-state index contributed by atoms with van der Waals surface area (Å²) in [5, 5.41) is 0.496. The summed E-state index contributed by atoms with van der Waals surface area (Å²) in [4.78, 5) is 36.2. The molecule has 1 aromatic heterocycles. The van der Waals surface area contributed by atoms with Gasteiger partial charge in [0.05, 0.1) is 29.9 Å². The van der Waals surface area contributed by atoms with E-state index in [0.29, 0.717) is 23.0 Å². The molecule has 122 valence electrons. The second kappa shape index (κ2) is 7.09. The van der Waals surface area contributed by atoms with E-state index in [9.17, 15) is 14.4 Å². The van der Waals surface area contributed by atoms with Gasteiger partial charge in [-0.1, -0.05) is 0 Å². The Morgan fingerprint density at radius 1 is 1.00 bits per heavy atom. The molecule has 0 atom stereocenters. The fraction of sp³-hybridized carbons (Fsp3) is 0.353. The average Bonchev–Trinajstić information content (AvgIpc) is 2.54. The molecule has 23 heavy (non-hydrogen) atoms. The van der Waals surface area contributed by atoms with Crippen LogP contribution in [0.3, 0.4) is 0 Å². The molecule has 0 unspecified atom stereocenters. The lowest BCUT2D eigenvalue weighted by molar-refractivity contribution is 0.0515. The maximum Gasteiger partial charge on any atom is 0.339 e. The van der Waals surface area contributed by atoms with Gasteiger partial charge >= 0.3 is 11.9 Å². The first kappa shape index (κ1) is 16.7. The molecule has 2 rings (SSSR count). The number of hydrogen-bond acceptors (Lipinski definition) is 5. The highest BCUT2D eigenvalue weighted by molar-refractivity contribution is 6.05. The van der Waals surface area contributed by atoms with Crippen LogP contribution in [0.25, 0.3) is 10.9 Å². The number of rotatable bonds is 5. The predicted molar refractivity (Wildman–Crippen MR) is 85.8 cm³/mol. The largest absolute Gasteiger partial charge is 0.462 e. The van der Waals surface area contributed by atoms with E-state index in [1.165, 1.54) is 10.6 Å². The zero-order chi connectivity index (χ0) is 17.0. The van der Waals surface area contributed by atoms with E-state index < -0.39 is 11.9 Å². The van der Waals surface area contributed by atoms with Gasteiger partial charge in [0.15, 0.2) is 0 Å². The Hall–Kier alpha value is -2.63. The molecule has 0 spiro atoms. The first-order valence-electron chi connectivity index (χ1n) is 7.55. The van der Waals surface area contributed by atoms with Crippen LogP contribution in [-0.4, -0.2) is 29.7 Å². The lowest BCUT2D eigenvalue weighted by atomic mass is 10.1. The van der Waals surface area contributed by atoms with E-state index in [1.54, 1.807) is 32.0 Å². The van der Waals surface area contributed by atoms with Crippen molar-refractivity contribution in [2.45, 2.75) is 27.3 Å². The van der Waals surface area contributed by atoms with Gasteiger partial charge in [0.25, 0.3) is 5.56 Å². The minimum absolute atomic E-state index is 0.155. The number of esters is 2. The van der Waals surface area contributed by atoms with Crippen molar-refractivity contribution in [2.75, 3.05) is 13.2 Å². The molecule has 0 bridgehead atoms. The molecule has 0 aliphatic rings. The normalized spacial score (nSPS) is 10.6. The van der Waals surface area contributed by atoms with Crippen LogP contribution in [0.2, 0.25) is 0 Å². The highest BCUT2D eigenvalue weighted by atomic mass is 16.5. The molecule has 6 nitrogen and oxygen atoms in total. The molecule has 6 heteroatoms. The number of benzene rings is 1. The third-order valence-electron chi connectivity index (χ3n) is 3.43. The second-order valence-corrected chi connectivity index (χ2v) is 4.81. The maximum atomic E-state index is 12.2. The molecule has 1 heterocycles. The first-order chi connectivity index (χ1) is 11.0.